The van der Waals surface area contributed by atoms with Crippen LogP contribution in [0.15, 0.2) is 37.2 Å². The Balaban J connectivity index is 1.70. The number of piperidine rings is 1. The molecule has 3 heterocycles. The van der Waals surface area contributed by atoms with Gasteiger partial charge in [0.25, 0.3) is 0 Å². The first-order chi connectivity index (χ1) is 12.2. The van der Waals surface area contributed by atoms with Gasteiger partial charge in [-0.25, -0.2) is 4.98 Å². The van der Waals surface area contributed by atoms with E-state index in [1.807, 2.05) is 0 Å². The lowest BCUT2D eigenvalue weighted by Crippen LogP contribution is -2.51. The second kappa shape index (κ2) is 8.00. The van der Waals surface area contributed by atoms with E-state index in [0.29, 0.717) is 6.54 Å². The summed E-state index contributed by atoms with van der Waals surface area (Å²) < 4.78 is 0. The van der Waals surface area contributed by atoms with Crippen molar-refractivity contribution in [3.63, 3.8) is 0 Å². The molecule has 1 aliphatic rings. The summed E-state index contributed by atoms with van der Waals surface area (Å²) in [5.41, 5.74) is 0.573. The Kier molecular flexibility index (Phi) is 5.53. The predicted molar refractivity (Wildman–Crippen MR) is 94.9 cm³/mol. The van der Waals surface area contributed by atoms with Crippen LogP contribution in [0.25, 0.3) is 0 Å². The van der Waals surface area contributed by atoms with E-state index < -0.39 is 5.41 Å². The summed E-state index contributed by atoms with van der Waals surface area (Å²) in [6.45, 7) is 1.58. The highest BCUT2D eigenvalue weighted by molar-refractivity contribution is 5.83. The molecule has 1 fully saturated rings. The highest BCUT2D eigenvalue weighted by atomic mass is 16.2. The van der Waals surface area contributed by atoms with E-state index in [9.17, 15) is 4.79 Å². The number of nitrogens with zero attached hydrogens (tertiary/aromatic N) is 5. The number of carbonyl (C=O) groups excluding carboxylic acids is 1. The van der Waals surface area contributed by atoms with Crippen molar-refractivity contribution in [2.45, 2.75) is 32.1 Å². The molecule has 1 N–H and O–H groups in total. The highest BCUT2D eigenvalue weighted by Crippen LogP contribution is 2.36. The SMILES string of the molecule is CNC(=O)[C@@]1(CCCc2cnccn2)CCCN(c2cnccn2)C1. The standard InChI is InChI=1S/C18H24N6O/c1-19-17(25)18(5-2-4-15-12-20-7-9-22-15)6-3-11-24(14-18)16-13-21-8-10-23-16/h7-10,12-13H,2-6,11,14H2,1H3,(H,19,25)/t18-/m0/s1. The summed E-state index contributed by atoms with van der Waals surface area (Å²) in [6, 6.07) is 0. The number of amides is 1. The van der Waals surface area contributed by atoms with E-state index in [-0.39, 0.29) is 5.91 Å². The topological polar surface area (TPSA) is 83.9 Å². The number of nitrogens with one attached hydrogen (secondary N) is 1. The molecule has 0 bridgehead atoms. The van der Waals surface area contributed by atoms with Crippen LogP contribution in [0.5, 0.6) is 0 Å². The second-order valence-electron chi connectivity index (χ2n) is 6.50. The molecular formula is C18H24N6O. The summed E-state index contributed by atoms with van der Waals surface area (Å²) in [5.74, 6) is 0.949. The quantitative estimate of drug-likeness (QED) is 0.860. The fraction of sp³-hybridized carbons (Fsp3) is 0.500. The Bertz CT molecular complexity index is 680. The summed E-state index contributed by atoms with van der Waals surface area (Å²) in [5, 5.41) is 2.87. The van der Waals surface area contributed by atoms with Gasteiger partial charge in [0, 0.05) is 51.1 Å². The lowest BCUT2D eigenvalue weighted by Gasteiger charge is -2.42. The Morgan fingerprint density at radius 3 is 2.68 bits per heavy atom. The van der Waals surface area contributed by atoms with Crippen molar-refractivity contribution in [1.82, 2.24) is 25.3 Å². The Hall–Kier alpha value is -2.57. The van der Waals surface area contributed by atoms with Crippen molar-refractivity contribution in [3.8, 4) is 0 Å². The van der Waals surface area contributed by atoms with Gasteiger partial charge in [-0.2, -0.15) is 0 Å². The normalized spacial score (nSPS) is 20.3. The molecule has 3 rings (SSSR count). The molecule has 132 valence electrons. The van der Waals surface area contributed by atoms with E-state index >= 15 is 0 Å². The molecule has 0 saturated carbocycles. The third kappa shape index (κ3) is 4.10. The third-order valence-electron chi connectivity index (χ3n) is 4.86. The molecule has 1 aliphatic heterocycles. The zero-order chi connectivity index (χ0) is 17.5. The molecule has 25 heavy (non-hydrogen) atoms. The van der Waals surface area contributed by atoms with Crippen LogP contribution in [-0.2, 0) is 11.2 Å². The zero-order valence-electron chi connectivity index (χ0n) is 14.6. The number of hydrogen-bond donors (Lipinski definition) is 1. The average molecular weight is 340 g/mol. The van der Waals surface area contributed by atoms with E-state index in [1.165, 1.54) is 0 Å². The van der Waals surface area contributed by atoms with E-state index in [4.69, 9.17) is 0 Å². The maximum atomic E-state index is 12.7. The van der Waals surface area contributed by atoms with Crippen molar-refractivity contribution in [2.24, 2.45) is 5.41 Å². The van der Waals surface area contributed by atoms with Crippen LogP contribution in [0.1, 0.15) is 31.4 Å². The second-order valence-corrected chi connectivity index (χ2v) is 6.50. The molecule has 0 aromatic carbocycles. The van der Waals surface area contributed by atoms with Crippen molar-refractivity contribution in [2.75, 3.05) is 25.0 Å². The van der Waals surface area contributed by atoms with Crippen LogP contribution in [0, 0.1) is 5.41 Å². The van der Waals surface area contributed by atoms with Crippen LogP contribution in [-0.4, -0.2) is 46.0 Å². The molecule has 7 heteroatoms. The van der Waals surface area contributed by atoms with Crippen molar-refractivity contribution in [3.05, 3.63) is 42.9 Å². The maximum Gasteiger partial charge on any atom is 0.227 e. The van der Waals surface area contributed by atoms with Crippen molar-refractivity contribution >= 4 is 11.7 Å². The van der Waals surface area contributed by atoms with E-state index in [0.717, 1.165) is 50.2 Å². The first kappa shape index (κ1) is 17.3. The number of aryl methyl sites for hydroxylation is 1. The predicted octanol–water partition coefficient (Wildman–Crippen LogP) is 1.62. The average Bonchev–Trinajstić information content (AvgIpc) is 2.69. The van der Waals surface area contributed by atoms with Gasteiger partial charge in [0.1, 0.15) is 5.82 Å². The van der Waals surface area contributed by atoms with Gasteiger partial charge in [-0.15, -0.1) is 0 Å². The third-order valence-corrected chi connectivity index (χ3v) is 4.86. The van der Waals surface area contributed by atoms with Gasteiger partial charge in [0.2, 0.25) is 5.91 Å². The number of anilines is 1. The minimum Gasteiger partial charge on any atom is -0.359 e. The van der Waals surface area contributed by atoms with Crippen molar-refractivity contribution < 1.29 is 4.79 Å². The fourth-order valence-corrected chi connectivity index (χ4v) is 3.62. The van der Waals surface area contributed by atoms with E-state index in [1.54, 1.807) is 44.2 Å². The molecule has 2 aromatic heterocycles. The summed E-state index contributed by atoms with van der Waals surface area (Å²) in [7, 11) is 1.72. The monoisotopic (exact) mass is 340 g/mol. The van der Waals surface area contributed by atoms with Crippen LogP contribution in [0.2, 0.25) is 0 Å². The first-order valence-electron chi connectivity index (χ1n) is 8.71. The van der Waals surface area contributed by atoms with Gasteiger partial charge in [-0.3, -0.25) is 19.7 Å². The number of aromatic nitrogens is 4. The molecule has 0 spiro atoms. The summed E-state index contributed by atoms with van der Waals surface area (Å²) in [6.07, 6.45) is 14.7. The van der Waals surface area contributed by atoms with Crippen LogP contribution < -0.4 is 10.2 Å². The fourth-order valence-electron chi connectivity index (χ4n) is 3.62. The van der Waals surface area contributed by atoms with Gasteiger partial charge in [0.05, 0.1) is 17.3 Å². The molecule has 0 unspecified atom stereocenters. The molecule has 1 saturated heterocycles. The Morgan fingerprint density at radius 1 is 1.20 bits per heavy atom. The zero-order valence-corrected chi connectivity index (χ0v) is 14.6. The minimum absolute atomic E-state index is 0.111. The molecule has 0 radical (unpaired) electrons. The summed E-state index contributed by atoms with van der Waals surface area (Å²) >= 11 is 0. The van der Waals surface area contributed by atoms with Crippen LogP contribution in [0.3, 0.4) is 0 Å². The van der Waals surface area contributed by atoms with Crippen LogP contribution >= 0.6 is 0 Å². The molecule has 0 aliphatic carbocycles. The molecular weight excluding hydrogens is 316 g/mol. The number of hydrogen-bond acceptors (Lipinski definition) is 6. The Labute approximate surface area is 147 Å². The minimum atomic E-state index is -0.396. The number of carbonyl (C=O) groups is 1. The largest absolute Gasteiger partial charge is 0.359 e. The lowest BCUT2D eigenvalue weighted by molar-refractivity contribution is -0.131. The summed E-state index contributed by atoms with van der Waals surface area (Å²) in [4.78, 5) is 31.9. The lowest BCUT2D eigenvalue weighted by atomic mass is 9.75. The van der Waals surface area contributed by atoms with Gasteiger partial charge in [0.15, 0.2) is 0 Å². The van der Waals surface area contributed by atoms with Crippen molar-refractivity contribution in [1.29, 1.82) is 0 Å². The van der Waals surface area contributed by atoms with Gasteiger partial charge in [-0.05, 0) is 32.1 Å². The van der Waals surface area contributed by atoms with Gasteiger partial charge < -0.3 is 10.2 Å². The molecule has 2 aromatic rings. The Morgan fingerprint density at radius 2 is 2.00 bits per heavy atom. The molecule has 1 atom stereocenters. The smallest absolute Gasteiger partial charge is 0.227 e. The van der Waals surface area contributed by atoms with Gasteiger partial charge in [-0.1, -0.05) is 0 Å². The molecule has 1 amide bonds. The number of rotatable bonds is 6. The first-order valence-corrected chi connectivity index (χ1v) is 8.71. The van der Waals surface area contributed by atoms with Gasteiger partial charge >= 0.3 is 0 Å². The maximum absolute atomic E-state index is 12.7. The highest BCUT2D eigenvalue weighted by Gasteiger charge is 2.41. The van der Waals surface area contributed by atoms with E-state index in [2.05, 4.69) is 30.2 Å². The van der Waals surface area contributed by atoms with Crippen LogP contribution in [0.4, 0.5) is 5.82 Å². The molecule has 7 nitrogen and oxygen atoms in total.